The molecule has 0 heterocycles. The molecule has 2 rings (SSSR count). The Balaban J connectivity index is 1.74. The van der Waals surface area contributed by atoms with Crippen molar-refractivity contribution in [3.05, 3.63) is 11.0 Å². The van der Waals surface area contributed by atoms with Crippen LogP contribution in [0.5, 0.6) is 0 Å². The maximum absolute atomic E-state index is 12.3. The first-order valence-electron chi connectivity index (χ1n) is 9.56. The molecule has 126 valence electrons. The van der Waals surface area contributed by atoms with E-state index in [1.807, 2.05) is 11.8 Å². The van der Waals surface area contributed by atoms with Gasteiger partial charge in [-0.3, -0.25) is 4.79 Å². The summed E-state index contributed by atoms with van der Waals surface area (Å²) >= 11 is 1.90. The summed E-state index contributed by atoms with van der Waals surface area (Å²) in [6.45, 7) is 4.56. The third-order valence-corrected chi connectivity index (χ3v) is 6.67. The third kappa shape index (κ3) is 5.76. The summed E-state index contributed by atoms with van der Waals surface area (Å²) in [6.07, 6.45) is 19.1. The second-order valence-electron chi connectivity index (χ2n) is 7.66. The van der Waals surface area contributed by atoms with Gasteiger partial charge in [0.25, 0.3) is 0 Å². The van der Waals surface area contributed by atoms with Gasteiger partial charge in [0.1, 0.15) is 0 Å². The van der Waals surface area contributed by atoms with E-state index in [-0.39, 0.29) is 5.41 Å². The zero-order chi connectivity index (χ0) is 15.8. The number of ketones is 1. The number of Topliss-reactive ketones (excluding diaryl/α,β-unsaturated/α-hetero) is 1. The highest BCUT2D eigenvalue weighted by Gasteiger charge is 2.35. The van der Waals surface area contributed by atoms with Crippen LogP contribution in [0.1, 0.15) is 97.3 Å². The number of allylic oxidation sites excluding steroid dienone is 2. The number of unbranched alkanes of at least 4 members (excludes halogenated alkanes) is 5. The van der Waals surface area contributed by atoms with Gasteiger partial charge in [-0.15, -0.1) is 11.8 Å². The average Bonchev–Trinajstić information content (AvgIpc) is 2.78. The first-order valence-corrected chi connectivity index (χ1v) is 10.4. The minimum atomic E-state index is 0.152. The van der Waals surface area contributed by atoms with Crippen molar-refractivity contribution in [3.8, 4) is 0 Å². The number of carbonyl (C=O) groups is 1. The number of carbonyl (C=O) groups excluding carboxylic acids is 1. The topological polar surface area (TPSA) is 17.1 Å². The Bertz CT molecular complexity index is 381. The number of hydrogen-bond acceptors (Lipinski definition) is 2. The second-order valence-corrected chi connectivity index (χ2v) is 9.00. The number of thioether (sulfide) groups is 1. The summed E-state index contributed by atoms with van der Waals surface area (Å²) in [5.74, 6) is 0.420. The highest BCUT2D eigenvalue weighted by molar-refractivity contribution is 8.04. The molecular formula is C20H34OS. The molecule has 1 fully saturated rings. The minimum Gasteiger partial charge on any atom is -0.294 e. The van der Waals surface area contributed by atoms with Gasteiger partial charge in [0, 0.05) is 16.6 Å². The van der Waals surface area contributed by atoms with Crippen molar-refractivity contribution in [1.29, 1.82) is 0 Å². The fraction of sp³-hybridized carbons (Fsp3) is 0.850. The first-order chi connectivity index (χ1) is 10.6. The summed E-state index contributed by atoms with van der Waals surface area (Å²) in [5.41, 5.74) is 0.152. The summed E-state index contributed by atoms with van der Waals surface area (Å²) < 4.78 is 0. The molecule has 1 unspecified atom stereocenters. The van der Waals surface area contributed by atoms with Gasteiger partial charge in [-0.25, -0.2) is 0 Å². The van der Waals surface area contributed by atoms with Crippen molar-refractivity contribution >= 4 is 17.5 Å². The van der Waals surface area contributed by atoms with E-state index in [0.29, 0.717) is 11.0 Å². The lowest BCUT2D eigenvalue weighted by atomic mass is 9.84. The maximum atomic E-state index is 12.3. The monoisotopic (exact) mass is 322 g/mol. The molecule has 0 radical (unpaired) electrons. The minimum absolute atomic E-state index is 0.152. The average molecular weight is 323 g/mol. The largest absolute Gasteiger partial charge is 0.294 e. The van der Waals surface area contributed by atoms with E-state index in [0.717, 1.165) is 11.3 Å². The Morgan fingerprint density at radius 1 is 1.09 bits per heavy atom. The van der Waals surface area contributed by atoms with Gasteiger partial charge in [0.15, 0.2) is 5.78 Å². The van der Waals surface area contributed by atoms with Gasteiger partial charge in [-0.05, 0) is 24.7 Å². The lowest BCUT2D eigenvalue weighted by Crippen LogP contribution is -2.12. The fourth-order valence-corrected chi connectivity index (χ4v) is 5.32. The van der Waals surface area contributed by atoms with Gasteiger partial charge in [0.05, 0.1) is 0 Å². The van der Waals surface area contributed by atoms with Crippen LogP contribution in [-0.4, -0.2) is 11.0 Å². The van der Waals surface area contributed by atoms with Crippen molar-refractivity contribution in [3.63, 3.8) is 0 Å². The van der Waals surface area contributed by atoms with E-state index >= 15 is 0 Å². The Morgan fingerprint density at radius 2 is 1.77 bits per heavy atom. The maximum Gasteiger partial charge on any atom is 0.169 e. The van der Waals surface area contributed by atoms with E-state index in [4.69, 9.17) is 0 Å². The Hall–Kier alpha value is -0.240. The molecule has 2 aliphatic carbocycles. The van der Waals surface area contributed by atoms with Crippen LogP contribution in [0.4, 0.5) is 0 Å². The van der Waals surface area contributed by atoms with E-state index in [9.17, 15) is 4.79 Å². The lowest BCUT2D eigenvalue weighted by molar-refractivity contribution is -0.115. The highest BCUT2D eigenvalue weighted by atomic mass is 32.2. The first kappa shape index (κ1) is 18.1. The van der Waals surface area contributed by atoms with Crippen LogP contribution in [0, 0.1) is 5.41 Å². The standard InChI is InChI=1S/C20H34OS/c1-3-4-5-6-7-11-14-20(2)15-18(21)19(16-20)22-17-12-9-8-10-13-17/h16-17H,3-15H2,1-2H3. The van der Waals surface area contributed by atoms with Crippen LogP contribution in [0.25, 0.3) is 0 Å². The molecule has 22 heavy (non-hydrogen) atoms. The molecule has 1 nitrogen and oxygen atoms in total. The van der Waals surface area contributed by atoms with Gasteiger partial charge < -0.3 is 0 Å². The Kier molecular flexibility index (Phi) is 7.53. The molecule has 0 N–H and O–H groups in total. The van der Waals surface area contributed by atoms with Gasteiger partial charge in [0.2, 0.25) is 0 Å². The number of rotatable bonds is 9. The van der Waals surface area contributed by atoms with Crippen molar-refractivity contribution in [2.45, 2.75) is 103 Å². The molecule has 0 spiro atoms. The Morgan fingerprint density at radius 3 is 2.50 bits per heavy atom. The van der Waals surface area contributed by atoms with Gasteiger partial charge >= 0.3 is 0 Å². The van der Waals surface area contributed by atoms with Crippen LogP contribution in [0.3, 0.4) is 0 Å². The van der Waals surface area contributed by atoms with Crippen LogP contribution < -0.4 is 0 Å². The zero-order valence-corrected chi connectivity index (χ0v) is 15.5. The molecule has 1 saturated carbocycles. The molecule has 2 aliphatic rings. The van der Waals surface area contributed by atoms with E-state index in [1.54, 1.807) is 0 Å². The SMILES string of the molecule is CCCCCCCCC1(C)C=C(SC2CCCCC2)C(=O)C1. The molecular weight excluding hydrogens is 288 g/mol. The molecule has 0 amide bonds. The smallest absolute Gasteiger partial charge is 0.169 e. The molecule has 0 aromatic heterocycles. The van der Waals surface area contributed by atoms with Crippen LogP contribution in [0.15, 0.2) is 11.0 Å². The van der Waals surface area contributed by atoms with Crippen molar-refractivity contribution in [1.82, 2.24) is 0 Å². The zero-order valence-electron chi connectivity index (χ0n) is 14.7. The van der Waals surface area contributed by atoms with Crippen molar-refractivity contribution < 1.29 is 4.79 Å². The molecule has 0 aliphatic heterocycles. The molecule has 0 aromatic rings. The summed E-state index contributed by atoms with van der Waals surface area (Å²) in [4.78, 5) is 13.4. The summed E-state index contributed by atoms with van der Waals surface area (Å²) in [5, 5.41) is 0.709. The third-order valence-electron chi connectivity index (χ3n) is 5.27. The predicted octanol–water partition coefficient (Wildman–Crippen LogP) is 6.67. The van der Waals surface area contributed by atoms with Crippen LogP contribution in [-0.2, 0) is 4.79 Å². The van der Waals surface area contributed by atoms with Crippen molar-refractivity contribution in [2.75, 3.05) is 0 Å². The van der Waals surface area contributed by atoms with E-state index in [2.05, 4.69) is 19.9 Å². The quantitative estimate of drug-likeness (QED) is 0.441. The highest BCUT2D eigenvalue weighted by Crippen LogP contribution is 2.44. The van der Waals surface area contributed by atoms with Gasteiger partial charge in [-0.2, -0.15) is 0 Å². The normalized spacial score (nSPS) is 26.5. The van der Waals surface area contributed by atoms with E-state index in [1.165, 1.54) is 77.0 Å². The van der Waals surface area contributed by atoms with Crippen molar-refractivity contribution in [2.24, 2.45) is 5.41 Å². The molecule has 0 aromatic carbocycles. The van der Waals surface area contributed by atoms with E-state index < -0.39 is 0 Å². The predicted molar refractivity (Wildman–Crippen MR) is 98.3 cm³/mol. The second kappa shape index (κ2) is 9.15. The van der Waals surface area contributed by atoms with Crippen LogP contribution in [0.2, 0.25) is 0 Å². The Labute approximate surface area is 141 Å². The van der Waals surface area contributed by atoms with Crippen LogP contribution >= 0.6 is 11.8 Å². The van der Waals surface area contributed by atoms with Gasteiger partial charge in [-0.1, -0.05) is 77.7 Å². The fourth-order valence-electron chi connectivity index (χ4n) is 3.83. The molecule has 1 atom stereocenters. The lowest BCUT2D eigenvalue weighted by Gasteiger charge is -2.21. The molecule has 2 heteroatoms. The molecule has 0 bridgehead atoms. The molecule has 0 saturated heterocycles. The number of hydrogen-bond donors (Lipinski definition) is 0. The summed E-state index contributed by atoms with van der Waals surface area (Å²) in [6, 6.07) is 0. The summed E-state index contributed by atoms with van der Waals surface area (Å²) in [7, 11) is 0.